The zero-order valence-electron chi connectivity index (χ0n) is 13.4. The van der Waals surface area contributed by atoms with Crippen molar-refractivity contribution in [2.24, 2.45) is 0 Å². The lowest BCUT2D eigenvalue weighted by Crippen LogP contribution is -2.56. The van der Waals surface area contributed by atoms with Crippen molar-refractivity contribution in [2.75, 3.05) is 27.3 Å². The second kappa shape index (κ2) is 7.09. The molecule has 0 radical (unpaired) electrons. The summed E-state index contributed by atoms with van der Waals surface area (Å²) in [5.74, 6) is 1.62. The van der Waals surface area contributed by atoms with E-state index in [0.29, 0.717) is 36.0 Å². The molecule has 6 nitrogen and oxygen atoms in total. The average Bonchev–Trinajstić information content (AvgIpc) is 2.58. The molecule has 1 aromatic carbocycles. The lowest BCUT2D eigenvalue weighted by atomic mass is 10.1. The highest BCUT2D eigenvalue weighted by Gasteiger charge is 2.33. The van der Waals surface area contributed by atoms with Crippen LogP contribution in [-0.4, -0.2) is 49.2 Å². The van der Waals surface area contributed by atoms with Gasteiger partial charge in [-0.25, -0.2) is 4.98 Å². The van der Waals surface area contributed by atoms with Gasteiger partial charge < -0.3 is 19.1 Å². The number of ether oxygens (including phenoxy) is 3. The van der Waals surface area contributed by atoms with Crippen LogP contribution in [0, 0.1) is 0 Å². The van der Waals surface area contributed by atoms with E-state index in [4.69, 9.17) is 14.2 Å². The van der Waals surface area contributed by atoms with Crippen LogP contribution in [0.1, 0.15) is 10.4 Å². The number of rotatable bonds is 5. The predicted octanol–water partition coefficient (Wildman–Crippen LogP) is 2.76. The van der Waals surface area contributed by atoms with E-state index < -0.39 is 0 Å². The Labute approximate surface area is 148 Å². The Bertz CT molecular complexity index is 747. The summed E-state index contributed by atoms with van der Waals surface area (Å²) >= 11 is 3.39. The summed E-state index contributed by atoms with van der Waals surface area (Å²) in [7, 11) is 3.11. The normalized spacial score (nSPS) is 14.0. The summed E-state index contributed by atoms with van der Waals surface area (Å²) < 4.78 is 17.0. The largest absolute Gasteiger partial charge is 0.493 e. The first-order chi connectivity index (χ1) is 11.6. The van der Waals surface area contributed by atoms with Gasteiger partial charge in [-0.05, 0) is 46.3 Å². The second-order valence-corrected chi connectivity index (χ2v) is 6.16. The molecule has 24 heavy (non-hydrogen) atoms. The smallest absolute Gasteiger partial charge is 0.254 e. The van der Waals surface area contributed by atoms with Crippen LogP contribution in [0.3, 0.4) is 0 Å². The van der Waals surface area contributed by atoms with Crippen molar-refractivity contribution < 1.29 is 19.0 Å². The van der Waals surface area contributed by atoms with Gasteiger partial charge >= 0.3 is 0 Å². The Morgan fingerprint density at radius 2 is 1.96 bits per heavy atom. The van der Waals surface area contributed by atoms with E-state index in [1.165, 1.54) is 0 Å². The third-order valence-corrected chi connectivity index (χ3v) is 4.37. The summed E-state index contributed by atoms with van der Waals surface area (Å²) in [6.45, 7) is 1.05. The van der Waals surface area contributed by atoms with Crippen molar-refractivity contribution in [1.82, 2.24) is 9.88 Å². The molecule has 0 N–H and O–H groups in total. The minimum atomic E-state index is -0.0594. The van der Waals surface area contributed by atoms with Gasteiger partial charge in [-0.1, -0.05) is 0 Å². The van der Waals surface area contributed by atoms with Crippen LogP contribution in [0.15, 0.2) is 41.0 Å². The van der Waals surface area contributed by atoms with Gasteiger partial charge in [-0.3, -0.25) is 4.79 Å². The zero-order valence-corrected chi connectivity index (χ0v) is 14.9. The number of halogens is 1. The third-order valence-electron chi connectivity index (χ3n) is 3.77. The Morgan fingerprint density at radius 3 is 2.62 bits per heavy atom. The van der Waals surface area contributed by atoms with Crippen molar-refractivity contribution in [3.63, 3.8) is 0 Å². The number of hydrogen-bond donors (Lipinski definition) is 0. The van der Waals surface area contributed by atoms with Crippen molar-refractivity contribution in [3.8, 4) is 17.4 Å². The van der Waals surface area contributed by atoms with Crippen LogP contribution in [0.4, 0.5) is 0 Å². The maximum atomic E-state index is 12.5. The number of benzene rings is 1. The molecule has 1 saturated heterocycles. The van der Waals surface area contributed by atoms with Crippen LogP contribution in [0.25, 0.3) is 0 Å². The Hall–Kier alpha value is -2.28. The van der Waals surface area contributed by atoms with Gasteiger partial charge in [-0.15, -0.1) is 0 Å². The first kappa shape index (κ1) is 16.6. The van der Waals surface area contributed by atoms with Crippen LogP contribution >= 0.6 is 15.9 Å². The molecule has 0 unspecified atom stereocenters. The van der Waals surface area contributed by atoms with Crippen LogP contribution in [0.5, 0.6) is 17.4 Å². The summed E-state index contributed by atoms with van der Waals surface area (Å²) in [6, 6.07) is 8.83. The highest BCUT2D eigenvalue weighted by atomic mass is 79.9. The summed E-state index contributed by atoms with van der Waals surface area (Å²) in [6.07, 6.45) is 1.62. The van der Waals surface area contributed by atoms with E-state index in [-0.39, 0.29) is 12.0 Å². The molecule has 7 heteroatoms. The molecule has 0 spiro atoms. The lowest BCUT2D eigenvalue weighted by Gasteiger charge is -2.38. The second-order valence-electron chi connectivity index (χ2n) is 5.31. The van der Waals surface area contributed by atoms with Gasteiger partial charge in [0.1, 0.15) is 6.10 Å². The number of methoxy groups -OCH3 is 2. The Morgan fingerprint density at radius 1 is 1.21 bits per heavy atom. The zero-order chi connectivity index (χ0) is 17.1. The minimum Gasteiger partial charge on any atom is -0.493 e. The first-order valence-electron chi connectivity index (χ1n) is 7.41. The molecule has 1 aromatic heterocycles. The number of likely N-dealkylation sites (tertiary alicyclic amines) is 1. The third kappa shape index (κ3) is 3.31. The van der Waals surface area contributed by atoms with Gasteiger partial charge in [0.05, 0.1) is 31.8 Å². The van der Waals surface area contributed by atoms with Crippen LogP contribution in [0.2, 0.25) is 0 Å². The van der Waals surface area contributed by atoms with E-state index in [9.17, 15) is 4.79 Å². The van der Waals surface area contributed by atoms with E-state index in [0.717, 1.165) is 4.47 Å². The van der Waals surface area contributed by atoms with Crippen LogP contribution in [-0.2, 0) is 0 Å². The monoisotopic (exact) mass is 392 g/mol. The van der Waals surface area contributed by atoms with Crippen LogP contribution < -0.4 is 14.2 Å². The van der Waals surface area contributed by atoms with Gasteiger partial charge in [0.25, 0.3) is 5.91 Å². The van der Waals surface area contributed by atoms with E-state index >= 15 is 0 Å². The molecule has 1 fully saturated rings. The van der Waals surface area contributed by atoms with Crippen molar-refractivity contribution >= 4 is 21.8 Å². The lowest BCUT2D eigenvalue weighted by molar-refractivity contribution is 0.0156. The predicted molar refractivity (Wildman–Crippen MR) is 91.8 cm³/mol. The fourth-order valence-corrected chi connectivity index (χ4v) is 2.79. The number of hydrogen-bond acceptors (Lipinski definition) is 5. The highest BCUT2D eigenvalue weighted by molar-refractivity contribution is 9.10. The molecule has 2 heterocycles. The first-order valence-corrected chi connectivity index (χ1v) is 8.20. The summed E-state index contributed by atoms with van der Waals surface area (Å²) in [4.78, 5) is 18.4. The standard InChI is InChI=1S/C17H17BrN2O4/c1-22-14-6-5-11(8-15(14)23-2)17(21)20-9-12(10-20)24-16-13(18)4-3-7-19-16/h3-8,12H,9-10H2,1-2H3. The molecule has 1 aliphatic heterocycles. The average molecular weight is 393 g/mol. The molecule has 3 rings (SSSR count). The van der Waals surface area contributed by atoms with Gasteiger partial charge in [0.15, 0.2) is 11.5 Å². The fourth-order valence-electron chi connectivity index (χ4n) is 2.45. The summed E-state index contributed by atoms with van der Waals surface area (Å²) in [5.41, 5.74) is 0.560. The van der Waals surface area contributed by atoms with Gasteiger partial charge in [-0.2, -0.15) is 0 Å². The SMILES string of the molecule is COc1ccc(C(=O)N2CC(Oc3ncccc3Br)C2)cc1OC. The van der Waals surface area contributed by atoms with E-state index in [1.807, 2.05) is 12.1 Å². The molecule has 0 bridgehead atoms. The molecule has 0 saturated carbocycles. The quantitative estimate of drug-likeness (QED) is 0.782. The van der Waals surface area contributed by atoms with E-state index in [1.54, 1.807) is 43.5 Å². The van der Waals surface area contributed by atoms with E-state index in [2.05, 4.69) is 20.9 Å². The maximum Gasteiger partial charge on any atom is 0.254 e. The molecule has 1 amide bonds. The fraction of sp³-hybridized carbons (Fsp3) is 0.294. The number of carbonyl (C=O) groups is 1. The molecule has 0 atom stereocenters. The molecular weight excluding hydrogens is 376 g/mol. The van der Waals surface area contributed by atoms with Gasteiger partial charge in [0.2, 0.25) is 5.88 Å². The molecule has 0 aliphatic carbocycles. The minimum absolute atomic E-state index is 0.0553. The van der Waals surface area contributed by atoms with Crippen molar-refractivity contribution in [2.45, 2.75) is 6.10 Å². The maximum absolute atomic E-state index is 12.5. The number of pyridine rings is 1. The molecule has 2 aromatic rings. The number of aromatic nitrogens is 1. The topological polar surface area (TPSA) is 60.9 Å². The Kier molecular flexibility index (Phi) is 4.89. The van der Waals surface area contributed by atoms with Crippen molar-refractivity contribution in [1.29, 1.82) is 0 Å². The van der Waals surface area contributed by atoms with Gasteiger partial charge in [0, 0.05) is 11.8 Å². The molecular formula is C17H17BrN2O4. The molecule has 126 valence electrons. The number of carbonyl (C=O) groups excluding carboxylic acids is 1. The Balaban J connectivity index is 1.61. The summed E-state index contributed by atoms with van der Waals surface area (Å²) in [5, 5.41) is 0. The highest BCUT2D eigenvalue weighted by Crippen LogP contribution is 2.29. The number of nitrogens with zero attached hydrogens (tertiary/aromatic N) is 2. The van der Waals surface area contributed by atoms with Crippen molar-refractivity contribution in [3.05, 3.63) is 46.6 Å². The number of amides is 1. The molecule has 1 aliphatic rings.